The van der Waals surface area contributed by atoms with E-state index < -0.39 is 0 Å². The van der Waals surface area contributed by atoms with Crippen molar-refractivity contribution in [2.75, 3.05) is 0 Å². The predicted molar refractivity (Wildman–Crippen MR) is 130 cm³/mol. The topological polar surface area (TPSA) is 41.6 Å². The van der Waals surface area contributed by atoms with Gasteiger partial charge in [0.15, 0.2) is 0 Å². The lowest BCUT2D eigenvalue weighted by molar-refractivity contribution is 0.992. The highest BCUT2D eigenvalue weighted by molar-refractivity contribution is 7.17. The Bertz CT molecular complexity index is 1520. The lowest BCUT2D eigenvalue weighted by Crippen LogP contribution is -1.99. The summed E-state index contributed by atoms with van der Waals surface area (Å²) in [6.07, 6.45) is 3.63. The van der Waals surface area contributed by atoms with Crippen molar-refractivity contribution < 1.29 is 0 Å². The minimum absolute atomic E-state index is 0.690. The molecular formula is C27H21N3S. The first kappa shape index (κ1) is 18.3. The average molecular weight is 420 g/mol. The van der Waals surface area contributed by atoms with Crippen LogP contribution >= 0.6 is 11.3 Å². The molecule has 150 valence electrons. The fourth-order valence-electron chi connectivity index (χ4n) is 4.43. The van der Waals surface area contributed by atoms with E-state index in [-0.39, 0.29) is 0 Å². The zero-order valence-corrected chi connectivity index (χ0v) is 18.0. The van der Waals surface area contributed by atoms with Crippen LogP contribution in [0.5, 0.6) is 0 Å². The molecule has 0 unspecified atom stereocenters. The van der Waals surface area contributed by atoms with Gasteiger partial charge in [0, 0.05) is 29.1 Å². The Morgan fingerprint density at radius 3 is 2.52 bits per heavy atom. The fraction of sp³-hybridized carbons (Fsp3) is 0.111. The second-order valence-electron chi connectivity index (χ2n) is 8.04. The zero-order valence-electron chi connectivity index (χ0n) is 17.2. The number of hydrogen-bond donors (Lipinski definition) is 1. The lowest BCUT2D eigenvalue weighted by Gasteiger charge is -2.11. The molecule has 0 aliphatic carbocycles. The molecule has 6 aromatic rings. The van der Waals surface area contributed by atoms with E-state index in [9.17, 15) is 0 Å². The molecule has 6 rings (SSSR count). The van der Waals surface area contributed by atoms with Crippen LogP contribution in [-0.2, 0) is 12.8 Å². The smallest absolute Gasteiger partial charge is 0.113 e. The molecule has 0 fully saturated rings. The third-order valence-corrected chi connectivity index (χ3v) is 7.18. The number of thiophene rings is 1. The molecular weight excluding hydrogens is 398 g/mol. The molecule has 0 aliphatic heterocycles. The maximum absolute atomic E-state index is 4.90. The molecule has 3 aromatic carbocycles. The third kappa shape index (κ3) is 3.20. The first-order chi connectivity index (χ1) is 15.3. The van der Waals surface area contributed by atoms with E-state index in [1.165, 1.54) is 37.5 Å². The summed E-state index contributed by atoms with van der Waals surface area (Å²) in [4.78, 5) is 13.1. The number of H-pyrrole nitrogens is 1. The number of aryl methyl sites for hydroxylation is 1. The predicted octanol–water partition coefficient (Wildman–Crippen LogP) is 6.82. The maximum atomic E-state index is 4.90. The summed E-state index contributed by atoms with van der Waals surface area (Å²) in [5, 5.41) is 6.09. The summed E-state index contributed by atoms with van der Waals surface area (Å²) in [6.45, 7) is 2.19. The van der Waals surface area contributed by atoms with E-state index in [4.69, 9.17) is 9.97 Å². The third-order valence-electron chi connectivity index (χ3n) is 5.99. The molecule has 3 nitrogen and oxygen atoms in total. The highest BCUT2D eigenvalue weighted by Crippen LogP contribution is 2.32. The van der Waals surface area contributed by atoms with E-state index in [1.54, 1.807) is 0 Å². The van der Waals surface area contributed by atoms with Crippen LogP contribution in [0.25, 0.3) is 31.9 Å². The van der Waals surface area contributed by atoms with Crippen molar-refractivity contribution in [3.8, 4) is 0 Å². The van der Waals surface area contributed by atoms with Crippen LogP contribution < -0.4 is 0 Å². The highest BCUT2D eigenvalue weighted by Gasteiger charge is 2.13. The number of hydrogen-bond acceptors (Lipinski definition) is 3. The molecule has 4 heteroatoms. The lowest BCUT2D eigenvalue weighted by atomic mass is 9.97. The number of pyridine rings is 1. The molecule has 0 radical (unpaired) electrons. The molecule has 0 atom stereocenters. The maximum Gasteiger partial charge on any atom is 0.113 e. The number of imidazole rings is 1. The van der Waals surface area contributed by atoms with Crippen molar-refractivity contribution in [2.45, 2.75) is 19.8 Å². The average Bonchev–Trinajstić information content (AvgIpc) is 3.39. The first-order valence-corrected chi connectivity index (χ1v) is 11.4. The van der Waals surface area contributed by atoms with Crippen molar-refractivity contribution in [1.82, 2.24) is 15.0 Å². The molecule has 0 amide bonds. The van der Waals surface area contributed by atoms with Crippen LogP contribution in [0, 0.1) is 6.92 Å². The Morgan fingerprint density at radius 2 is 1.61 bits per heavy atom. The number of aromatic nitrogens is 3. The van der Waals surface area contributed by atoms with Crippen molar-refractivity contribution in [3.63, 3.8) is 0 Å². The van der Waals surface area contributed by atoms with Gasteiger partial charge in [0.1, 0.15) is 5.82 Å². The van der Waals surface area contributed by atoms with Gasteiger partial charge in [-0.15, -0.1) is 11.3 Å². The Morgan fingerprint density at radius 1 is 0.806 bits per heavy atom. The highest BCUT2D eigenvalue weighted by atomic mass is 32.1. The van der Waals surface area contributed by atoms with Gasteiger partial charge in [-0.05, 0) is 51.9 Å². The summed E-state index contributed by atoms with van der Waals surface area (Å²) < 4.78 is 1.38. The Kier molecular flexibility index (Phi) is 4.32. The van der Waals surface area contributed by atoms with Crippen LogP contribution in [0.3, 0.4) is 0 Å². The summed E-state index contributed by atoms with van der Waals surface area (Å²) in [5.41, 5.74) is 7.11. The molecule has 1 N–H and O–H groups in total. The minimum atomic E-state index is 0.690. The van der Waals surface area contributed by atoms with E-state index in [2.05, 4.69) is 72.0 Å². The number of nitrogens with zero attached hydrogens (tertiary/aromatic N) is 2. The Hall–Kier alpha value is -3.50. The second-order valence-corrected chi connectivity index (χ2v) is 8.92. The monoisotopic (exact) mass is 419 g/mol. The second kappa shape index (κ2) is 7.33. The van der Waals surface area contributed by atoms with Gasteiger partial charge in [0.05, 0.1) is 16.7 Å². The van der Waals surface area contributed by atoms with Crippen LogP contribution in [0.1, 0.15) is 28.2 Å². The fourth-order valence-corrected chi connectivity index (χ4v) is 5.50. The zero-order chi connectivity index (χ0) is 20.8. The van der Waals surface area contributed by atoms with Crippen LogP contribution in [0.15, 0.2) is 78.3 Å². The first-order valence-electron chi connectivity index (χ1n) is 10.5. The summed E-state index contributed by atoms with van der Waals surface area (Å²) in [6, 6.07) is 23.4. The number of aromatic amines is 1. The van der Waals surface area contributed by atoms with Gasteiger partial charge in [0.25, 0.3) is 0 Å². The van der Waals surface area contributed by atoms with Gasteiger partial charge in [-0.2, -0.15) is 0 Å². The SMILES string of the molecule is Cc1csc2c(Cc3cnc(Cc4nc5ccccc5[nH]4)c4ccccc34)cccc12. The minimum Gasteiger partial charge on any atom is -0.342 e. The van der Waals surface area contributed by atoms with Crippen molar-refractivity contribution in [3.05, 3.63) is 107 Å². The van der Waals surface area contributed by atoms with Gasteiger partial charge in [-0.25, -0.2) is 4.98 Å². The van der Waals surface area contributed by atoms with Crippen molar-refractivity contribution in [1.29, 1.82) is 0 Å². The summed E-state index contributed by atoms with van der Waals surface area (Å²) in [7, 11) is 0. The van der Waals surface area contributed by atoms with E-state index in [0.717, 1.165) is 29.0 Å². The summed E-state index contributed by atoms with van der Waals surface area (Å²) >= 11 is 1.84. The molecule has 0 bridgehead atoms. The van der Waals surface area contributed by atoms with Crippen molar-refractivity contribution >= 4 is 43.2 Å². The van der Waals surface area contributed by atoms with Crippen LogP contribution in [-0.4, -0.2) is 15.0 Å². The van der Waals surface area contributed by atoms with Gasteiger partial charge >= 0.3 is 0 Å². The van der Waals surface area contributed by atoms with Gasteiger partial charge in [-0.3, -0.25) is 4.98 Å². The van der Waals surface area contributed by atoms with E-state index in [0.29, 0.717) is 6.42 Å². The molecule has 0 aliphatic rings. The number of nitrogens with one attached hydrogen (secondary N) is 1. The van der Waals surface area contributed by atoms with E-state index in [1.807, 2.05) is 29.5 Å². The molecule has 3 aromatic heterocycles. The largest absolute Gasteiger partial charge is 0.342 e. The number of rotatable bonds is 4. The van der Waals surface area contributed by atoms with E-state index >= 15 is 0 Å². The Balaban J connectivity index is 1.41. The van der Waals surface area contributed by atoms with Gasteiger partial charge in [0.2, 0.25) is 0 Å². The quantitative estimate of drug-likeness (QED) is 0.341. The molecule has 31 heavy (non-hydrogen) atoms. The summed E-state index contributed by atoms with van der Waals surface area (Å²) in [5.74, 6) is 0.949. The number of para-hydroxylation sites is 2. The van der Waals surface area contributed by atoms with Crippen molar-refractivity contribution in [2.24, 2.45) is 0 Å². The van der Waals surface area contributed by atoms with Gasteiger partial charge in [-0.1, -0.05) is 54.6 Å². The standard InChI is InChI=1S/C27H21N3S/c1-17-16-31-27-18(7-6-10-20(17)27)13-19-15-28-25(22-9-3-2-8-21(19)22)14-26-29-23-11-4-5-12-24(23)30-26/h2-12,15-16H,13-14H2,1H3,(H,29,30). The van der Waals surface area contributed by atoms with Crippen LogP contribution in [0.2, 0.25) is 0 Å². The Labute approximate surface area is 184 Å². The number of fused-ring (bicyclic) bond motifs is 3. The molecule has 3 heterocycles. The van der Waals surface area contributed by atoms with Crippen LogP contribution in [0.4, 0.5) is 0 Å². The van der Waals surface area contributed by atoms with Gasteiger partial charge < -0.3 is 4.98 Å². The normalized spacial score (nSPS) is 11.6. The molecule has 0 saturated heterocycles. The molecule has 0 spiro atoms. The molecule has 0 saturated carbocycles. The number of benzene rings is 3.